The van der Waals surface area contributed by atoms with E-state index in [-0.39, 0.29) is 17.2 Å². The number of anilines is 2. The number of thioether (sulfide) groups is 1. The van der Waals surface area contributed by atoms with Gasteiger partial charge in [-0.1, -0.05) is 37.3 Å². The molecule has 24 heavy (non-hydrogen) atoms. The highest BCUT2D eigenvalue weighted by molar-refractivity contribution is 8.00. The van der Waals surface area contributed by atoms with Gasteiger partial charge in [-0.25, -0.2) is 0 Å². The first kappa shape index (κ1) is 16.6. The van der Waals surface area contributed by atoms with E-state index in [1.165, 1.54) is 12.5 Å². The summed E-state index contributed by atoms with van der Waals surface area (Å²) in [6, 6.07) is 15.8. The first-order chi connectivity index (χ1) is 11.6. The molecule has 1 N–H and O–H groups in total. The highest BCUT2D eigenvalue weighted by atomic mass is 32.2. The molecule has 0 bridgehead atoms. The predicted molar refractivity (Wildman–Crippen MR) is 99.3 cm³/mol. The van der Waals surface area contributed by atoms with Crippen LogP contribution in [-0.2, 0) is 16.0 Å². The highest BCUT2D eigenvalue weighted by Crippen LogP contribution is 2.43. The van der Waals surface area contributed by atoms with Gasteiger partial charge in [0.1, 0.15) is 5.37 Å². The van der Waals surface area contributed by atoms with Crippen LogP contribution in [0.3, 0.4) is 0 Å². The third-order valence-electron chi connectivity index (χ3n) is 4.02. The minimum absolute atomic E-state index is 0.0309. The maximum absolute atomic E-state index is 12.5. The third-order valence-corrected chi connectivity index (χ3v) is 5.23. The summed E-state index contributed by atoms with van der Waals surface area (Å²) in [6.45, 7) is 3.59. The number of amides is 2. The van der Waals surface area contributed by atoms with Gasteiger partial charge in [0, 0.05) is 18.3 Å². The number of hydrogen-bond donors (Lipinski definition) is 1. The Morgan fingerprint density at radius 1 is 1.21 bits per heavy atom. The smallest absolute Gasteiger partial charge is 0.238 e. The monoisotopic (exact) mass is 340 g/mol. The number of carbonyl (C=O) groups excluding carboxylic acids is 2. The maximum atomic E-state index is 12.5. The number of benzene rings is 2. The van der Waals surface area contributed by atoms with E-state index in [9.17, 15) is 9.59 Å². The number of nitrogens with one attached hydrogen (secondary N) is 1. The Bertz CT molecular complexity index is 758. The molecule has 1 fully saturated rings. The number of para-hydroxylation sites is 1. The fraction of sp³-hybridized carbons (Fsp3) is 0.263. The van der Waals surface area contributed by atoms with Gasteiger partial charge in [-0.15, -0.1) is 11.8 Å². The molecular weight excluding hydrogens is 320 g/mol. The van der Waals surface area contributed by atoms with Crippen molar-refractivity contribution in [1.82, 2.24) is 0 Å². The second-order valence-corrected chi connectivity index (χ2v) is 6.78. The molecule has 1 unspecified atom stereocenters. The molecule has 0 spiro atoms. The van der Waals surface area contributed by atoms with Crippen LogP contribution in [0.2, 0.25) is 0 Å². The van der Waals surface area contributed by atoms with E-state index < -0.39 is 0 Å². The molecular formula is C19H20N2O2S. The summed E-state index contributed by atoms with van der Waals surface area (Å²) < 4.78 is 0. The number of hydrogen-bond acceptors (Lipinski definition) is 3. The molecule has 1 heterocycles. The average Bonchev–Trinajstić information content (AvgIpc) is 2.96. The fourth-order valence-corrected chi connectivity index (χ4v) is 4.08. The third kappa shape index (κ3) is 3.31. The van der Waals surface area contributed by atoms with E-state index in [4.69, 9.17) is 0 Å². The second kappa shape index (κ2) is 7.09. The van der Waals surface area contributed by atoms with E-state index in [0.717, 1.165) is 23.4 Å². The van der Waals surface area contributed by atoms with Crippen molar-refractivity contribution in [3.8, 4) is 0 Å². The lowest BCUT2D eigenvalue weighted by molar-refractivity contribution is -0.116. The topological polar surface area (TPSA) is 49.4 Å². The first-order valence-electron chi connectivity index (χ1n) is 7.99. The van der Waals surface area contributed by atoms with Crippen molar-refractivity contribution < 1.29 is 9.59 Å². The molecule has 124 valence electrons. The Labute approximate surface area is 146 Å². The van der Waals surface area contributed by atoms with Gasteiger partial charge in [-0.2, -0.15) is 0 Å². The Morgan fingerprint density at radius 2 is 1.92 bits per heavy atom. The molecule has 1 atom stereocenters. The lowest BCUT2D eigenvalue weighted by Gasteiger charge is -2.26. The Kier molecular flexibility index (Phi) is 4.90. The van der Waals surface area contributed by atoms with Crippen LogP contribution in [0.5, 0.6) is 0 Å². The van der Waals surface area contributed by atoms with Crippen LogP contribution in [0.4, 0.5) is 11.4 Å². The SMILES string of the molecule is CCc1ccccc1N1C(=O)CSC1c1ccc(NC(C)=O)cc1. The summed E-state index contributed by atoms with van der Waals surface area (Å²) in [5.41, 5.74) is 3.99. The van der Waals surface area contributed by atoms with Crippen LogP contribution in [0.15, 0.2) is 48.5 Å². The van der Waals surface area contributed by atoms with Gasteiger partial charge < -0.3 is 5.32 Å². The lowest BCUT2D eigenvalue weighted by Crippen LogP contribution is -2.28. The summed E-state index contributed by atoms with van der Waals surface area (Å²) in [4.78, 5) is 25.5. The summed E-state index contributed by atoms with van der Waals surface area (Å²) in [5, 5.41) is 2.74. The van der Waals surface area contributed by atoms with Crippen molar-refractivity contribution >= 4 is 35.0 Å². The van der Waals surface area contributed by atoms with Crippen LogP contribution < -0.4 is 10.2 Å². The van der Waals surface area contributed by atoms with Crippen LogP contribution in [-0.4, -0.2) is 17.6 Å². The summed E-state index contributed by atoms with van der Waals surface area (Å²) >= 11 is 1.63. The quantitative estimate of drug-likeness (QED) is 0.916. The Balaban J connectivity index is 1.92. The summed E-state index contributed by atoms with van der Waals surface area (Å²) in [6.07, 6.45) is 0.888. The zero-order valence-corrected chi connectivity index (χ0v) is 14.6. The molecule has 0 aliphatic carbocycles. The Hall–Kier alpha value is -2.27. The standard InChI is InChI=1S/C19H20N2O2S/c1-3-14-6-4-5-7-17(14)21-18(23)12-24-19(21)15-8-10-16(11-9-15)20-13(2)22/h4-11,19H,3,12H2,1-2H3,(H,20,22). The van der Waals surface area contributed by atoms with Crippen LogP contribution >= 0.6 is 11.8 Å². The van der Waals surface area contributed by atoms with E-state index in [1.54, 1.807) is 11.8 Å². The number of nitrogens with zero attached hydrogens (tertiary/aromatic N) is 1. The second-order valence-electron chi connectivity index (χ2n) is 5.71. The van der Waals surface area contributed by atoms with Crippen molar-refractivity contribution in [3.63, 3.8) is 0 Å². The number of carbonyl (C=O) groups is 2. The molecule has 1 saturated heterocycles. The number of aryl methyl sites for hydroxylation is 1. The largest absolute Gasteiger partial charge is 0.326 e. The van der Waals surface area contributed by atoms with Gasteiger partial charge in [0.2, 0.25) is 11.8 Å². The normalized spacial score (nSPS) is 17.2. The lowest BCUT2D eigenvalue weighted by atomic mass is 10.1. The van der Waals surface area contributed by atoms with Crippen LogP contribution in [0.25, 0.3) is 0 Å². The van der Waals surface area contributed by atoms with Gasteiger partial charge in [0.05, 0.1) is 5.75 Å². The molecule has 2 aromatic carbocycles. The summed E-state index contributed by atoms with van der Waals surface area (Å²) in [7, 11) is 0. The van der Waals surface area contributed by atoms with Crippen molar-refractivity contribution in [3.05, 3.63) is 59.7 Å². The molecule has 1 aliphatic rings. The van der Waals surface area contributed by atoms with Gasteiger partial charge in [0.15, 0.2) is 0 Å². The van der Waals surface area contributed by atoms with Gasteiger partial charge >= 0.3 is 0 Å². The fourth-order valence-electron chi connectivity index (χ4n) is 2.91. The molecule has 0 aromatic heterocycles. The molecule has 0 saturated carbocycles. The minimum atomic E-state index is -0.0910. The molecule has 3 rings (SSSR count). The van der Waals surface area contributed by atoms with Crippen molar-refractivity contribution in [1.29, 1.82) is 0 Å². The van der Waals surface area contributed by atoms with Crippen LogP contribution in [0, 0.1) is 0 Å². The predicted octanol–water partition coefficient (Wildman–Crippen LogP) is 3.99. The van der Waals surface area contributed by atoms with E-state index in [2.05, 4.69) is 18.3 Å². The molecule has 2 aromatic rings. The molecule has 0 radical (unpaired) electrons. The van der Waals surface area contributed by atoms with E-state index in [0.29, 0.717) is 5.75 Å². The van der Waals surface area contributed by atoms with Crippen molar-refractivity contribution in [2.45, 2.75) is 25.6 Å². The van der Waals surface area contributed by atoms with Gasteiger partial charge in [0.25, 0.3) is 0 Å². The highest BCUT2D eigenvalue weighted by Gasteiger charge is 2.34. The molecule has 1 aliphatic heterocycles. The van der Waals surface area contributed by atoms with E-state index >= 15 is 0 Å². The zero-order valence-electron chi connectivity index (χ0n) is 13.8. The average molecular weight is 340 g/mol. The maximum Gasteiger partial charge on any atom is 0.238 e. The molecule has 4 nitrogen and oxygen atoms in total. The number of rotatable bonds is 4. The first-order valence-corrected chi connectivity index (χ1v) is 9.04. The van der Waals surface area contributed by atoms with Crippen LogP contribution in [0.1, 0.15) is 30.3 Å². The summed E-state index contributed by atoms with van der Waals surface area (Å²) in [5.74, 6) is 0.527. The van der Waals surface area contributed by atoms with Crippen molar-refractivity contribution in [2.75, 3.05) is 16.0 Å². The minimum Gasteiger partial charge on any atom is -0.326 e. The van der Waals surface area contributed by atoms with E-state index in [1.807, 2.05) is 47.4 Å². The molecule has 5 heteroatoms. The molecule has 2 amide bonds. The Morgan fingerprint density at radius 3 is 2.58 bits per heavy atom. The van der Waals surface area contributed by atoms with Crippen molar-refractivity contribution in [2.24, 2.45) is 0 Å². The van der Waals surface area contributed by atoms with Gasteiger partial charge in [-0.3, -0.25) is 14.5 Å². The zero-order chi connectivity index (χ0) is 17.1. The van der Waals surface area contributed by atoms with Gasteiger partial charge in [-0.05, 0) is 35.7 Å².